The summed E-state index contributed by atoms with van der Waals surface area (Å²) in [6.07, 6.45) is 2.69. The molecule has 1 aromatic carbocycles. The first kappa shape index (κ1) is 14.8. The van der Waals surface area contributed by atoms with Gasteiger partial charge in [-0.25, -0.2) is 0 Å². The molecule has 0 heterocycles. The minimum absolute atomic E-state index is 0.154. The Morgan fingerprint density at radius 2 is 2.15 bits per heavy atom. The minimum Gasteiger partial charge on any atom is -0.380 e. The highest BCUT2D eigenvalue weighted by atomic mass is 16.6. The van der Waals surface area contributed by atoms with Crippen LogP contribution in [0.25, 0.3) is 0 Å². The summed E-state index contributed by atoms with van der Waals surface area (Å²) in [7, 11) is 0. The van der Waals surface area contributed by atoms with Gasteiger partial charge in [0.2, 0.25) is 0 Å². The van der Waals surface area contributed by atoms with Crippen LogP contribution in [0.5, 0.6) is 0 Å². The lowest BCUT2D eigenvalue weighted by atomic mass is 10.1. The molecule has 1 aliphatic carbocycles. The molecule has 2 rings (SSSR count). The van der Waals surface area contributed by atoms with Crippen molar-refractivity contribution in [3.8, 4) is 0 Å². The van der Waals surface area contributed by atoms with Crippen LogP contribution in [-0.2, 0) is 6.54 Å². The molecule has 20 heavy (non-hydrogen) atoms. The summed E-state index contributed by atoms with van der Waals surface area (Å²) < 4.78 is 0. The van der Waals surface area contributed by atoms with Gasteiger partial charge in [0.05, 0.1) is 4.92 Å². The lowest BCUT2D eigenvalue weighted by Gasteiger charge is -2.20. The zero-order chi connectivity index (χ0) is 14.5. The second-order valence-electron chi connectivity index (χ2n) is 5.41. The van der Waals surface area contributed by atoms with E-state index in [0.29, 0.717) is 12.2 Å². The Morgan fingerprint density at radius 1 is 1.40 bits per heavy atom. The molecule has 1 aromatic rings. The Kier molecular flexibility index (Phi) is 4.95. The van der Waals surface area contributed by atoms with Gasteiger partial charge in [-0.2, -0.15) is 0 Å². The van der Waals surface area contributed by atoms with Gasteiger partial charge in [0.1, 0.15) is 5.69 Å². The molecule has 0 spiro atoms. The molecule has 1 N–H and O–H groups in total. The normalized spacial score (nSPS) is 14.6. The first-order valence-electron chi connectivity index (χ1n) is 7.37. The van der Waals surface area contributed by atoms with Crippen LogP contribution in [0.4, 0.5) is 11.4 Å². The van der Waals surface area contributed by atoms with Crippen molar-refractivity contribution < 1.29 is 4.92 Å². The summed E-state index contributed by atoms with van der Waals surface area (Å²) in [5, 5.41) is 14.1. The lowest BCUT2D eigenvalue weighted by molar-refractivity contribution is -0.384. The van der Waals surface area contributed by atoms with Crippen molar-refractivity contribution in [1.82, 2.24) is 4.90 Å². The number of hydrogen-bond acceptors (Lipinski definition) is 4. The average molecular weight is 277 g/mol. The van der Waals surface area contributed by atoms with Gasteiger partial charge < -0.3 is 5.32 Å². The van der Waals surface area contributed by atoms with Crippen molar-refractivity contribution in [3.63, 3.8) is 0 Å². The van der Waals surface area contributed by atoms with Crippen LogP contribution in [0.2, 0.25) is 0 Å². The highest BCUT2D eigenvalue weighted by Gasteiger charge is 2.24. The largest absolute Gasteiger partial charge is 0.380 e. The van der Waals surface area contributed by atoms with Gasteiger partial charge in [-0.05, 0) is 43.9 Å². The number of anilines is 1. The molecule has 0 radical (unpaired) electrons. The number of nitrogens with zero attached hydrogens (tertiary/aromatic N) is 2. The van der Waals surface area contributed by atoms with E-state index in [1.165, 1.54) is 12.8 Å². The van der Waals surface area contributed by atoms with Gasteiger partial charge in [0.25, 0.3) is 5.69 Å². The molecule has 110 valence electrons. The monoisotopic (exact) mass is 277 g/mol. The predicted molar refractivity (Wildman–Crippen MR) is 80.9 cm³/mol. The number of hydrogen-bond donors (Lipinski definition) is 1. The Labute approximate surface area is 120 Å². The molecular formula is C15H23N3O2. The highest BCUT2D eigenvalue weighted by molar-refractivity contribution is 5.62. The van der Waals surface area contributed by atoms with E-state index in [4.69, 9.17) is 0 Å². The van der Waals surface area contributed by atoms with E-state index in [9.17, 15) is 10.1 Å². The second-order valence-corrected chi connectivity index (χ2v) is 5.41. The summed E-state index contributed by atoms with van der Waals surface area (Å²) in [4.78, 5) is 13.1. The van der Waals surface area contributed by atoms with Gasteiger partial charge in [-0.1, -0.05) is 13.0 Å². The first-order chi connectivity index (χ1) is 9.63. The van der Waals surface area contributed by atoms with Gasteiger partial charge in [0.15, 0.2) is 0 Å². The molecule has 0 bridgehead atoms. The van der Waals surface area contributed by atoms with Crippen LogP contribution in [0, 0.1) is 16.0 Å². The van der Waals surface area contributed by atoms with Gasteiger partial charge in [0, 0.05) is 25.7 Å². The lowest BCUT2D eigenvalue weighted by Crippen LogP contribution is -2.25. The standard InChI is InChI=1S/C15H23N3O2/c1-3-16-14-9-13(7-8-15(14)18(19)20)11-17(4-2)10-12-5-6-12/h7-9,12,16H,3-6,10-11H2,1-2H3. The minimum atomic E-state index is -0.330. The zero-order valence-electron chi connectivity index (χ0n) is 12.3. The van der Waals surface area contributed by atoms with Crippen molar-refractivity contribution in [2.24, 2.45) is 5.92 Å². The Bertz CT molecular complexity index is 472. The van der Waals surface area contributed by atoms with Crippen LogP contribution in [-0.4, -0.2) is 29.5 Å². The molecule has 0 saturated heterocycles. The Morgan fingerprint density at radius 3 is 2.70 bits per heavy atom. The zero-order valence-corrected chi connectivity index (χ0v) is 12.3. The van der Waals surface area contributed by atoms with E-state index in [0.717, 1.165) is 31.1 Å². The summed E-state index contributed by atoms with van der Waals surface area (Å²) >= 11 is 0. The summed E-state index contributed by atoms with van der Waals surface area (Å²) in [5.74, 6) is 0.862. The Balaban J connectivity index is 2.10. The van der Waals surface area contributed by atoms with E-state index in [-0.39, 0.29) is 10.6 Å². The molecular weight excluding hydrogens is 254 g/mol. The van der Waals surface area contributed by atoms with Gasteiger partial charge in [-0.15, -0.1) is 0 Å². The van der Waals surface area contributed by atoms with Crippen LogP contribution in [0.3, 0.4) is 0 Å². The van der Waals surface area contributed by atoms with E-state index in [1.54, 1.807) is 6.07 Å². The number of nitro benzene ring substituents is 1. The van der Waals surface area contributed by atoms with E-state index < -0.39 is 0 Å². The topological polar surface area (TPSA) is 58.4 Å². The first-order valence-corrected chi connectivity index (χ1v) is 7.37. The van der Waals surface area contributed by atoms with E-state index >= 15 is 0 Å². The van der Waals surface area contributed by atoms with Crippen LogP contribution < -0.4 is 5.32 Å². The third kappa shape index (κ3) is 3.93. The molecule has 0 unspecified atom stereocenters. The van der Waals surface area contributed by atoms with Crippen molar-refractivity contribution >= 4 is 11.4 Å². The summed E-state index contributed by atoms with van der Waals surface area (Å²) in [5.41, 5.74) is 1.91. The Hall–Kier alpha value is -1.62. The van der Waals surface area contributed by atoms with E-state index in [1.807, 2.05) is 19.1 Å². The van der Waals surface area contributed by atoms with Gasteiger partial charge >= 0.3 is 0 Å². The quantitative estimate of drug-likeness (QED) is 0.585. The fraction of sp³-hybridized carbons (Fsp3) is 0.600. The van der Waals surface area contributed by atoms with Crippen molar-refractivity contribution in [2.75, 3.05) is 25.0 Å². The molecule has 1 fully saturated rings. The maximum atomic E-state index is 11.0. The van der Waals surface area contributed by atoms with Crippen molar-refractivity contribution in [2.45, 2.75) is 33.2 Å². The molecule has 1 saturated carbocycles. The maximum absolute atomic E-state index is 11.0. The molecule has 0 aromatic heterocycles. The molecule has 0 aliphatic heterocycles. The van der Waals surface area contributed by atoms with Crippen LogP contribution >= 0.6 is 0 Å². The molecule has 5 heteroatoms. The summed E-state index contributed by atoms with van der Waals surface area (Å²) in [6, 6.07) is 5.39. The average Bonchev–Trinajstić information content (AvgIpc) is 3.22. The second kappa shape index (κ2) is 6.70. The molecule has 1 aliphatic rings. The van der Waals surface area contributed by atoms with Crippen LogP contribution in [0.15, 0.2) is 18.2 Å². The molecule has 0 amide bonds. The van der Waals surface area contributed by atoms with Crippen LogP contribution in [0.1, 0.15) is 32.3 Å². The molecule has 5 nitrogen and oxygen atoms in total. The number of benzene rings is 1. The fourth-order valence-corrected chi connectivity index (χ4v) is 2.40. The maximum Gasteiger partial charge on any atom is 0.292 e. The van der Waals surface area contributed by atoms with Gasteiger partial charge in [-0.3, -0.25) is 15.0 Å². The predicted octanol–water partition coefficient (Wildman–Crippen LogP) is 3.26. The smallest absolute Gasteiger partial charge is 0.292 e. The number of nitrogens with one attached hydrogen (secondary N) is 1. The third-order valence-electron chi connectivity index (χ3n) is 3.69. The number of rotatable bonds is 8. The summed E-state index contributed by atoms with van der Waals surface area (Å²) in [6.45, 7) is 7.82. The molecule has 0 atom stereocenters. The van der Waals surface area contributed by atoms with Crippen molar-refractivity contribution in [1.29, 1.82) is 0 Å². The van der Waals surface area contributed by atoms with E-state index in [2.05, 4.69) is 17.1 Å². The number of nitro groups is 1. The third-order valence-corrected chi connectivity index (χ3v) is 3.69. The highest BCUT2D eigenvalue weighted by Crippen LogP contribution is 2.31. The van der Waals surface area contributed by atoms with Crippen molar-refractivity contribution in [3.05, 3.63) is 33.9 Å². The fourth-order valence-electron chi connectivity index (χ4n) is 2.40. The SMILES string of the molecule is CCNc1cc(CN(CC)CC2CC2)ccc1[N+](=O)[O-].